The van der Waals surface area contributed by atoms with Crippen molar-refractivity contribution in [2.24, 2.45) is 17.8 Å². The third kappa shape index (κ3) is 4.03. The second-order valence-corrected chi connectivity index (χ2v) is 9.81. The van der Waals surface area contributed by atoms with Gasteiger partial charge in [0.05, 0.1) is 24.9 Å². The molecule has 1 aromatic rings. The smallest absolute Gasteiger partial charge is 0.305 e. The van der Waals surface area contributed by atoms with Gasteiger partial charge in [-0.2, -0.15) is 0 Å². The summed E-state index contributed by atoms with van der Waals surface area (Å²) in [7, 11) is 0. The molecular weight excluding hydrogens is 478 g/mol. The van der Waals surface area contributed by atoms with Crippen LogP contribution in [-0.4, -0.2) is 64.2 Å². The molecule has 1 saturated heterocycles. The van der Waals surface area contributed by atoms with Crippen LogP contribution in [0.15, 0.2) is 58.7 Å². The number of carbonyl (C=O) groups is 5. The molecule has 2 N–H and O–H groups in total. The normalized spacial score (nSPS) is 26.9. The minimum absolute atomic E-state index is 0.0418. The first-order valence-corrected chi connectivity index (χ1v) is 12.3. The van der Waals surface area contributed by atoms with Crippen molar-refractivity contribution in [1.82, 2.24) is 4.90 Å². The number of carbonyl (C=O) groups excluding carboxylic acids is 4. The highest BCUT2D eigenvalue weighted by Crippen LogP contribution is 2.56. The van der Waals surface area contributed by atoms with Gasteiger partial charge in [-0.25, -0.2) is 0 Å². The molecule has 3 aliphatic carbocycles. The van der Waals surface area contributed by atoms with E-state index in [0.717, 1.165) is 10.5 Å². The van der Waals surface area contributed by atoms with Crippen LogP contribution >= 0.6 is 0 Å². The number of fused-ring (bicyclic) bond motifs is 3. The fourth-order valence-electron chi connectivity index (χ4n) is 6.22. The number of ether oxygens (including phenoxy) is 1. The van der Waals surface area contributed by atoms with Crippen molar-refractivity contribution in [1.29, 1.82) is 0 Å². The first-order valence-electron chi connectivity index (χ1n) is 12.3. The van der Waals surface area contributed by atoms with Crippen LogP contribution in [0.4, 0.5) is 0 Å². The summed E-state index contributed by atoms with van der Waals surface area (Å²) >= 11 is 0. The molecule has 1 aliphatic heterocycles. The monoisotopic (exact) mass is 505 g/mol. The van der Waals surface area contributed by atoms with Gasteiger partial charge in [0.2, 0.25) is 11.8 Å². The largest absolute Gasteiger partial charge is 0.491 e. The number of rotatable bonds is 7. The number of para-hydroxylation sites is 1. The Hall–Kier alpha value is -3.85. The molecular formula is C28H27NO8. The number of amides is 2. The van der Waals surface area contributed by atoms with Gasteiger partial charge in [-0.1, -0.05) is 29.8 Å². The number of likely N-dealkylation sites (tertiary alicyclic amines) is 1. The summed E-state index contributed by atoms with van der Waals surface area (Å²) in [5.41, 5.74) is 2.47. The van der Waals surface area contributed by atoms with Gasteiger partial charge in [-0.15, -0.1) is 0 Å². The van der Waals surface area contributed by atoms with Crippen LogP contribution in [0.2, 0.25) is 0 Å². The number of aliphatic hydroxyl groups excluding tert-OH is 1. The molecule has 2 amide bonds. The zero-order chi connectivity index (χ0) is 26.4. The van der Waals surface area contributed by atoms with Gasteiger partial charge in [0.1, 0.15) is 12.4 Å². The third-order valence-corrected chi connectivity index (χ3v) is 7.78. The second-order valence-electron chi connectivity index (χ2n) is 9.81. The van der Waals surface area contributed by atoms with Crippen molar-refractivity contribution >= 4 is 29.4 Å². The Kier molecular flexibility index (Phi) is 6.41. The van der Waals surface area contributed by atoms with Crippen LogP contribution in [0.1, 0.15) is 37.7 Å². The lowest BCUT2D eigenvalue weighted by atomic mass is 9.59. The molecule has 0 unspecified atom stereocenters. The number of aliphatic hydroxyl groups is 1. The molecule has 37 heavy (non-hydrogen) atoms. The first-order chi connectivity index (χ1) is 17.7. The lowest BCUT2D eigenvalue weighted by Gasteiger charge is -2.42. The lowest BCUT2D eigenvalue weighted by Crippen LogP contribution is -2.40. The summed E-state index contributed by atoms with van der Waals surface area (Å²) < 4.78 is 5.79. The quantitative estimate of drug-likeness (QED) is 0.326. The summed E-state index contributed by atoms with van der Waals surface area (Å²) in [6.45, 7) is 1.24. The van der Waals surface area contributed by atoms with E-state index in [-0.39, 0.29) is 50.6 Å². The minimum atomic E-state index is -1.10. The molecule has 9 nitrogen and oxygen atoms in total. The van der Waals surface area contributed by atoms with Crippen LogP contribution in [0.5, 0.6) is 5.75 Å². The van der Waals surface area contributed by atoms with Crippen molar-refractivity contribution in [3.05, 3.63) is 64.3 Å². The Morgan fingerprint density at radius 1 is 1.11 bits per heavy atom. The topological polar surface area (TPSA) is 138 Å². The van der Waals surface area contributed by atoms with Gasteiger partial charge >= 0.3 is 5.97 Å². The van der Waals surface area contributed by atoms with Gasteiger partial charge in [-0.05, 0) is 37.8 Å². The Bertz CT molecular complexity index is 1320. The van der Waals surface area contributed by atoms with Gasteiger partial charge in [0.25, 0.3) is 0 Å². The number of carboxylic acids is 1. The molecule has 0 bridgehead atoms. The van der Waals surface area contributed by atoms with Crippen LogP contribution in [0, 0.1) is 17.8 Å². The maximum Gasteiger partial charge on any atom is 0.305 e. The van der Waals surface area contributed by atoms with Gasteiger partial charge in [-0.3, -0.25) is 28.9 Å². The molecule has 9 heteroatoms. The average Bonchev–Trinajstić information content (AvgIpc) is 3.13. The Balaban J connectivity index is 1.63. The highest BCUT2D eigenvalue weighted by molar-refractivity contribution is 6.24. The second kappa shape index (κ2) is 9.55. The maximum absolute atomic E-state index is 13.5. The summed E-state index contributed by atoms with van der Waals surface area (Å²) in [6.07, 6.45) is 3.31. The zero-order valence-electron chi connectivity index (χ0n) is 20.3. The molecule has 4 aliphatic rings. The van der Waals surface area contributed by atoms with Crippen molar-refractivity contribution in [2.45, 2.75) is 32.1 Å². The first kappa shape index (κ1) is 24.8. The fraction of sp³-hybridized carbons (Fsp3) is 0.393. The maximum atomic E-state index is 13.5. The summed E-state index contributed by atoms with van der Waals surface area (Å²) in [6, 6.07) is 7.11. The molecule has 4 atom stereocenters. The van der Waals surface area contributed by atoms with Crippen molar-refractivity contribution < 1.29 is 38.9 Å². The number of hydrogen-bond acceptors (Lipinski definition) is 7. The predicted molar refractivity (Wildman–Crippen MR) is 129 cm³/mol. The van der Waals surface area contributed by atoms with E-state index in [1.54, 1.807) is 25.1 Å². The Morgan fingerprint density at radius 2 is 1.86 bits per heavy atom. The SMILES string of the molecule is CC1=CC(=O)C2=C(C1=O)[C@@H](c1ccccc1OCCO)C1=CC[C@@H]3C(=O)N(CCC(=O)O)C(=O)[C@@H]3[C@@H]1C2. The van der Waals surface area contributed by atoms with Gasteiger partial charge in [0.15, 0.2) is 11.6 Å². The summed E-state index contributed by atoms with van der Waals surface area (Å²) in [5, 5.41) is 18.4. The highest BCUT2D eigenvalue weighted by atomic mass is 16.5. The van der Waals surface area contributed by atoms with Crippen LogP contribution in [0.3, 0.4) is 0 Å². The number of ketones is 2. The van der Waals surface area contributed by atoms with Crippen LogP contribution in [-0.2, 0) is 24.0 Å². The number of Topliss-reactive ketones (excluding diaryl/α,β-unsaturated/α-hetero) is 1. The molecule has 0 aromatic heterocycles. The highest BCUT2D eigenvalue weighted by Gasteiger charge is 2.56. The molecule has 5 rings (SSSR count). The van der Waals surface area contributed by atoms with E-state index in [9.17, 15) is 29.1 Å². The summed E-state index contributed by atoms with van der Waals surface area (Å²) in [5.74, 6) is -4.51. The van der Waals surface area contributed by atoms with E-state index in [4.69, 9.17) is 9.84 Å². The zero-order valence-corrected chi connectivity index (χ0v) is 20.3. The van der Waals surface area contributed by atoms with Crippen LogP contribution in [0.25, 0.3) is 0 Å². The van der Waals surface area contributed by atoms with E-state index in [0.29, 0.717) is 28.0 Å². The number of benzene rings is 1. The van der Waals surface area contributed by atoms with E-state index < -0.39 is 41.5 Å². The van der Waals surface area contributed by atoms with Gasteiger partial charge in [0, 0.05) is 34.7 Å². The number of allylic oxidation sites excluding steroid dienone is 6. The van der Waals surface area contributed by atoms with Crippen molar-refractivity contribution in [3.63, 3.8) is 0 Å². The van der Waals surface area contributed by atoms with E-state index in [2.05, 4.69) is 0 Å². The predicted octanol–water partition coefficient (Wildman–Crippen LogP) is 1.96. The standard InChI is InChI=1S/C28H27NO8/c1-14-12-20(31)19-13-18-15(6-7-17-24(18)28(36)29(27(17)35)9-8-22(32)33)23(25(19)26(14)34)16-4-2-3-5-21(16)37-11-10-30/h2-6,12,17-18,23-24,30H,7-11,13H2,1H3,(H,32,33)/t17-,18+,23+,24-/m0/s1. The van der Waals surface area contributed by atoms with Crippen LogP contribution < -0.4 is 4.74 Å². The number of nitrogens with zero attached hydrogens (tertiary/aromatic N) is 1. The molecule has 0 saturated carbocycles. The number of hydrogen-bond donors (Lipinski definition) is 2. The van der Waals surface area contributed by atoms with E-state index in [1.807, 2.05) is 12.1 Å². The fourth-order valence-corrected chi connectivity index (χ4v) is 6.22. The lowest BCUT2D eigenvalue weighted by molar-refractivity contribution is -0.142. The molecule has 0 spiro atoms. The number of aliphatic carboxylic acids is 1. The number of imide groups is 1. The number of carboxylic acid groups (broad SMARTS) is 1. The van der Waals surface area contributed by atoms with Crippen molar-refractivity contribution in [3.8, 4) is 5.75 Å². The summed E-state index contributed by atoms with van der Waals surface area (Å²) in [4.78, 5) is 65.4. The molecule has 1 heterocycles. The Labute approximate surface area is 213 Å². The van der Waals surface area contributed by atoms with Crippen molar-refractivity contribution in [2.75, 3.05) is 19.8 Å². The minimum Gasteiger partial charge on any atom is -0.491 e. The third-order valence-electron chi connectivity index (χ3n) is 7.78. The van der Waals surface area contributed by atoms with E-state index >= 15 is 0 Å². The molecule has 1 aromatic carbocycles. The van der Waals surface area contributed by atoms with E-state index in [1.165, 1.54) is 6.08 Å². The van der Waals surface area contributed by atoms with Gasteiger partial charge < -0.3 is 14.9 Å². The molecule has 192 valence electrons. The molecule has 0 radical (unpaired) electrons. The Morgan fingerprint density at radius 3 is 2.59 bits per heavy atom. The average molecular weight is 506 g/mol. The molecule has 1 fully saturated rings.